The number of amides is 1. The van der Waals surface area contributed by atoms with Gasteiger partial charge in [-0.15, -0.1) is 0 Å². The summed E-state index contributed by atoms with van der Waals surface area (Å²) in [6.45, 7) is 0. The third kappa shape index (κ3) is 2.81. The van der Waals surface area contributed by atoms with E-state index in [0.29, 0.717) is 11.3 Å². The van der Waals surface area contributed by atoms with Crippen molar-refractivity contribution in [2.45, 2.75) is 18.9 Å². The van der Waals surface area contributed by atoms with Gasteiger partial charge in [0.05, 0.1) is 17.1 Å². The predicted octanol–water partition coefficient (Wildman–Crippen LogP) is 3.35. The van der Waals surface area contributed by atoms with Gasteiger partial charge in [-0.2, -0.15) is 0 Å². The van der Waals surface area contributed by atoms with Crippen LogP contribution < -0.4 is 10.1 Å². The second kappa shape index (κ2) is 5.90. The molecule has 0 unspecified atom stereocenters. The quantitative estimate of drug-likeness (QED) is 0.926. The molecular weight excluding hydrogens is 330 g/mol. The van der Waals surface area contributed by atoms with Gasteiger partial charge in [-0.05, 0) is 52.0 Å². The largest absolute Gasteiger partial charge is 0.495 e. The van der Waals surface area contributed by atoms with E-state index in [1.165, 1.54) is 11.1 Å². The summed E-state index contributed by atoms with van der Waals surface area (Å²) in [5.41, 5.74) is 3.20. The monoisotopic (exact) mass is 345 g/mol. The van der Waals surface area contributed by atoms with Crippen molar-refractivity contribution in [3.05, 3.63) is 63.6 Å². The third-order valence-electron chi connectivity index (χ3n) is 3.80. The van der Waals surface area contributed by atoms with E-state index < -0.39 is 0 Å². The van der Waals surface area contributed by atoms with Crippen LogP contribution in [0.2, 0.25) is 0 Å². The Bertz CT molecular complexity index is 659. The van der Waals surface area contributed by atoms with Gasteiger partial charge < -0.3 is 10.1 Å². The summed E-state index contributed by atoms with van der Waals surface area (Å²) in [7, 11) is 1.57. The van der Waals surface area contributed by atoms with Crippen LogP contribution in [0.15, 0.2) is 46.9 Å². The number of methoxy groups -OCH3 is 1. The first kappa shape index (κ1) is 14.1. The molecule has 3 rings (SSSR count). The number of carbonyl (C=O) groups excluding carboxylic acids is 1. The van der Waals surface area contributed by atoms with E-state index in [1.54, 1.807) is 13.2 Å². The van der Waals surface area contributed by atoms with Crippen molar-refractivity contribution in [1.82, 2.24) is 5.32 Å². The van der Waals surface area contributed by atoms with Gasteiger partial charge in [0.15, 0.2) is 0 Å². The molecule has 0 radical (unpaired) electrons. The maximum absolute atomic E-state index is 12.5. The van der Waals surface area contributed by atoms with Gasteiger partial charge in [0.2, 0.25) is 0 Å². The molecular formula is C17H16BrNO2. The molecule has 0 saturated heterocycles. The molecule has 0 heterocycles. The Labute approximate surface area is 132 Å². The zero-order chi connectivity index (χ0) is 14.8. The summed E-state index contributed by atoms with van der Waals surface area (Å²) in [4.78, 5) is 12.5. The van der Waals surface area contributed by atoms with Crippen LogP contribution in [0.4, 0.5) is 0 Å². The zero-order valence-electron chi connectivity index (χ0n) is 11.7. The summed E-state index contributed by atoms with van der Waals surface area (Å²) < 4.78 is 6.10. The molecule has 0 aliphatic heterocycles. The maximum Gasteiger partial charge on any atom is 0.255 e. The number of hydrogen-bond donors (Lipinski definition) is 1. The predicted molar refractivity (Wildman–Crippen MR) is 85.8 cm³/mol. The number of hydrogen-bond acceptors (Lipinski definition) is 2. The minimum Gasteiger partial charge on any atom is -0.495 e. The number of para-hydroxylation sites is 1. The average molecular weight is 346 g/mol. The van der Waals surface area contributed by atoms with E-state index in [-0.39, 0.29) is 11.9 Å². The number of nitrogens with one attached hydrogen (secondary N) is 1. The van der Waals surface area contributed by atoms with E-state index in [1.807, 2.05) is 24.3 Å². The van der Waals surface area contributed by atoms with Crippen molar-refractivity contribution in [3.8, 4) is 5.75 Å². The molecule has 2 aromatic carbocycles. The normalized spacial score (nSPS) is 13.8. The highest BCUT2D eigenvalue weighted by Crippen LogP contribution is 2.29. The van der Waals surface area contributed by atoms with Gasteiger partial charge in [0, 0.05) is 6.04 Å². The number of halogens is 1. The summed E-state index contributed by atoms with van der Waals surface area (Å²) in [6.07, 6.45) is 1.77. The zero-order valence-corrected chi connectivity index (χ0v) is 13.3. The lowest BCUT2D eigenvalue weighted by molar-refractivity contribution is 0.0935. The maximum atomic E-state index is 12.5. The Kier molecular flexibility index (Phi) is 3.97. The number of benzene rings is 2. The smallest absolute Gasteiger partial charge is 0.255 e. The minimum atomic E-state index is -0.0917. The third-order valence-corrected chi connectivity index (χ3v) is 4.43. The molecule has 0 bridgehead atoms. The fourth-order valence-electron chi connectivity index (χ4n) is 2.82. The standard InChI is InChI=1S/C17H16BrNO2/c1-21-16-14(7-4-8-15(16)18)17(20)19-13-9-11-5-2-3-6-12(11)10-13/h2-8,13H,9-10H2,1H3,(H,19,20). The lowest BCUT2D eigenvalue weighted by atomic mass is 10.1. The summed E-state index contributed by atoms with van der Waals surface area (Å²) in [5.74, 6) is 0.483. The average Bonchev–Trinajstić information content (AvgIpc) is 2.89. The van der Waals surface area contributed by atoms with Crippen LogP contribution in [0, 0.1) is 0 Å². The SMILES string of the molecule is COc1c(Br)cccc1C(=O)NC1Cc2ccccc2C1. The fraction of sp³-hybridized carbons (Fsp3) is 0.235. The minimum absolute atomic E-state index is 0.0917. The van der Waals surface area contributed by atoms with Gasteiger partial charge >= 0.3 is 0 Å². The number of carbonyl (C=O) groups is 1. The van der Waals surface area contributed by atoms with Crippen molar-refractivity contribution < 1.29 is 9.53 Å². The summed E-state index contributed by atoms with van der Waals surface area (Å²) in [5, 5.41) is 3.10. The molecule has 0 atom stereocenters. The van der Waals surface area contributed by atoms with Crippen LogP contribution >= 0.6 is 15.9 Å². The van der Waals surface area contributed by atoms with Crippen LogP contribution in [-0.2, 0) is 12.8 Å². The topological polar surface area (TPSA) is 38.3 Å². The van der Waals surface area contributed by atoms with E-state index >= 15 is 0 Å². The van der Waals surface area contributed by atoms with Gasteiger partial charge in [-0.3, -0.25) is 4.79 Å². The van der Waals surface area contributed by atoms with Crippen LogP contribution in [0.3, 0.4) is 0 Å². The lowest BCUT2D eigenvalue weighted by Crippen LogP contribution is -2.35. The molecule has 1 amide bonds. The highest BCUT2D eigenvalue weighted by Gasteiger charge is 2.24. The first-order valence-corrected chi connectivity index (χ1v) is 7.68. The van der Waals surface area contributed by atoms with Gasteiger partial charge in [-0.25, -0.2) is 0 Å². The van der Waals surface area contributed by atoms with Crippen molar-refractivity contribution in [3.63, 3.8) is 0 Å². The first-order chi connectivity index (χ1) is 10.2. The molecule has 21 heavy (non-hydrogen) atoms. The van der Waals surface area contributed by atoms with E-state index in [4.69, 9.17) is 4.74 Å². The molecule has 2 aromatic rings. The molecule has 1 N–H and O–H groups in total. The summed E-state index contributed by atoms with van der Waals surface area (Å²) >= 11 is 3.41. The summed E-state index contributed by atoms with van der Waals surface area (Å²) in [6, 6.07) is 14.0. The van der Waals surface area contributed by atoms with E-state index in [2.05, 4.69) is 33.4 Å². The van der Waals surface area contributed by atoms with Crippen molar-refractivity contribution in [2.75, 3.05) is 7.11 Å². The fourth-order valence-corrected chi connectivity index (χ4v) is 3.35. The number of fused-ring (bicyclic) bond motifs is 1. The Hall–Kier alpha value is -1.81. The second-order valence-electron chi connectivity index (χ2n) is 5.17. The molecule has 0 aromatic heterocycles. The van der Waals surface area contributed by atoms with Gasteiger partial charge in [0.25, 0.3) is 5.91 Å². The van der Waals surface area contributed by atoms with Crippen LogP contribution in [0.5, 0.6) is 5.75 Å². The Morgan fingerprint density at radius 2 is 1.81 bits per heavy atom. The molecule has 1 aliphatic rings. The molecule has 4 heteroatoms. The molecule has 3 nitrogen and oxygen atoms in total. The molecule has 1 aliphatic carbocycles. The van der Waals surface area contributed by atoms with Crippen LogP contribution in [0.1, 0.15) is 21.5 Å². The second-order valence-corrected chi connectivity index (χ2v) is 6.02. The van der Waals surface area contributed by atoms with E-state index in [0.717, 1.165) is 17.3 Å². The van der Waals surface area contributed by atoms with Crippen LogP contribution in [0.25, 0.3) is 0 Å². The van der Waals surface area contributed by atoms with Gasteiger partial charge in [-0.1, -0.05) is 30.3 Å². The lowest BCUT2D eigenvalue weighted by Gasteiger charge is -2.14. The van der Waals surface area contributed by atoms with Crippen LogP contribution in [-0.4, -0.2) is 19.1 Å². The molecule has 0 saturated carbocycles. The molecule has 108 valence electrons. The number of rotatable bonds is 3. The van der Waals surface area contributed by atoms with Gasteiger partial charge in [0.1, 0.15) is 5.75 Å². The Morgan fingerprint density at radius 1 is 1.14 bits per heavy atom. The van der Waals surface area contributed by atoms with Crippen molar-refractivity contribution >= 4 is 21.8 Å². The van der Waals surface area contributed by atoms with Crippen molar-refractivity contribution in [1.29, 1.82) is 0 Å². The Morgan fingerprint density at radius 3 is 2.43 bits per heavy atom. The first-order valence-electron chi connectivity index (χ1n) is 6.89. The molecule has 0 spiro atoms. The molecule has 0 fully saturated rings. The highest BCUT2D eigenvalue weighted by atomic mass is 79.9. The highest BCUT2D eigenvalue weighted by molar-refractivity contribution is 9.10. The Balaban J connectivity index is 1.75. The van der Waals surface area contributed by atoms with E-state index in [9.17, 15) is 4.79 Å². The van der Waals surface area contributed by atoms with Crippen molar-refractivity contribution in [2.24, 2.45) is 0 Å². The number of ether oxygens (including phenoxy) is 1.